The van der Waals surface area contributed by atoms with Crippen molar-refractivity contribution in [3.63, 3.8) is 0 Å². The van der Waals surface area contributed by atoms with E-state index in [0.717, 1.165) is 15.8 Å². The van der Waals surface area contributed by atoms with Crippen LogP contribution in [0.5, 0.6) is 5.75 Å². The molecule has 0 aliphatic rings. The Morgan fingerprint density at radius 3 is 2.92 bits per heavy atom. The van der Waals surface area contributed by atoms with Gasteiger partial charge in [-0.1, -0.05) is 12.1 Å². The number of aryl methyl sites for hydroxylation is 2. The van der Waals surface area contributed by atoms with Gasteiger partial charge in [-0.05, 0) is 43.2 Å². The van der Waals surface area contributed by atoms with E-state index in [2.05, 4.69) is 5.10 Å². The van der Waals surface area contributed by atoms with Crippen molar-refractivity contribution in [1.82, 2.24) is 9.78 Å². The molecule has 0 amide bonds. The molecule has 0 radical (unpaired) electrons. The number of aromatic nitrogens is 2. The van der Waals surface area contributed by atoms with Crippen LogP contribution in [0, 0.1) is 13.8 Å². The lowest BCUT2D eigenvalue weighted by Crippen LogP contribution is -2.29. The quantitative estimate of drug-likeness (QED) is 0.745. The molecule has 3 aromatic rings. The molecule has 126 valence electrons. The minimum absolute atomic E-state index is 0.0338. The second kappa shape index (κ2) is 6.76. The van der Waals surface area contributed by atoms with Crippen LogP contribution in [0.2, 0.25) is 0 Å². The molecule has 0 aliphatic heterocycles. The fourth-order valence-electron chi connectivity index (χ4n) is 2.22. The normalized spacial score (nSPS) is 12.3. The average Bonchev–Trinajstić information content (AvgIpc) is 3.19. The molecule has 0 spiro atoms. The van der Waals surface area contributed by atoms with E-state index in [1.165, 1.54) is 6.26 Å². The first kappa shape index (κ1) is 16.1. The third-order valence-electron chi connectivity index (χ3n) is 3.50. The Morgan fingerprint density at radius 1 is 1.33 bits per heavy atom. The fourth-order valence-corrected chi connectivity index (χ4v) is 2.22. The highest BCUT2D eigenvalue weighted by Crippen LogP contribution is 2.19. The van der Waals surface area contributed by atoms with Crippen molar-refractivity contribution >= 4 is 0 Å². The third-order valence-corrected chi connectivity index (χ3v) is 3.50. The fraction of sp³-hybridized carbons (Fsp3) is 0.294. The molecule has 0 unspecified atom stereocenters. The molecule has 0 fully saturated rings. The summed E-state index contributed by atoms with van der Waals surface area (Å²) in [6, 6.07) is 9.15. The smallest absolute Gasteiger partial charge is 0.437 e. The lowest BCUT2D eigenvalue weighted by atomic mass is 10.1. The summed E-state index contributed by atoms with van der Waals surface area (Å²) >= 11 is 0. The first-order valence-electron chi connectivity index (χ1n) is 7.53. The zero-order valence-electron chi connectivity index (χ0n) is 13.4. The van der Waals surface area contributed by atoms with Gasteiger partial charge in [-0.25, -0.2) is 4.79 Å². The summed E-state index contributed by atoms with van der Waals surface area (Å²) in [6.07, 6.45) is 0.554. The maximum atomic E-state index is 11.8. The van der Waals surface area contributed by atoms with Gasteiger partial charge in [0.15, 0.2) is 5.76 Å². The van der Waals surface area contributed by atoms with Crippen molar-refractivity contribution in [3.05, 3.63) is 58.3 Å². The predicted molar refractivity (Wildman–Crippen MR) is 85.9 cm³/mol. The van der Waals surface area contributed by atoms with Crippen molar-refractivity contribution in [2.24, 2.45) is 0 Å². The largest absolute Gasteiger partial charge is 0.491 e. The van der Waals surface area contributed by atoms with E-state index in [-0.39, 0.29) is 19.0 Å². The van der Waals surface area contributed by atoms with Crippen LogP contribution in [0.1, 0.15) is 11.1 Å². The Kier molecular flexibility index (Phi) is 4.52. The van der Waals surface area contributed by atoms with E-state index in [1.807, 2.05) is 32.0 Å². The highest BCUT2D eigenvalue weighted by Gasteiger charge is 2.16. The van der Waals surface area contributed by atoms with Crippen LogP contribution in [0.25, 0.3) is 11.7 Å². The molecule has 2 aromatic heterocycles. The number of rotatable bonds is 6. The predicted octanol–water partition coefficient (Wildman–Crippen LogP) is 2.15. The van der Waals surface area contributed by atoms with Crippen molar-refractivity contribution in [2.45, 2.75) is 26.5 Å². The molecule has 0 aliphatic carbocycles. The number of hydrogen-bond acceptors (Lipinski definition) is 6. The summed E-state index contributed by atoms with van der Waals surface area (Å²) in [7, 11) is 0. The third kappa shape index (κ3) is 3.57. The minimum atomic E-state index is -0.905. The number of hydrogen-bond donors (Lipinski definition) is 1. The molecule has 7 nitrogen and oxygen atoms in total. The minimum Gasteiger partial charge on any atom is -0.491 e. The molecular formula is C17H18N2O5. The molecular weight excluding hydrogens is 312 g/mol. The van der Waals surface area contributed by atoms with Gasteiger partial charge >= 0.3 is 5.76 Å². The van der Waals surface area contributed by atoms with E-state index in [4.69, 9.17) is 13.6 Å². The van der Waals surface area contributed by atoms with Crippen LogP contribution >= 0.6 is 0 Å². The Labute approximate surface area is 138 Å². The first-order chi connectivity index (χ1) is 11.5. The van der Waals surface area contributed by atoms with Gasteiger partial charge in [0.05, 0.1) is 12.8 Å². The van der Waals surface area contributed by atoms with Gasteiger partial charge in [0.1, 0.15) is 18.5 Å². The summed E-state index contributed by atoms with van der Waals surface area (Å²) in [5, 5.41) is 14.1. The molecule has 1 aromatic carbocycles. The van der Waals surface area contributed by atoms with Gasteiger partial charge in [-0.2, -0.15) is 4.68 Å². The molecule has 7 heteroatoms. The first-order valence-corrected chi connectivity index (χ1v) is 7.53. The lowest BCUT2D eigenvalue weighted by molar-refractivity contribution is 0.0872. The van der Waals surface area contributed by atoms with Gasteiger partial charge in [-0.15, -0.1) is 5.10 Å². The highest BCUT2D eigenvalue weighted by molar-refractivity contribution is 5.42. The average molecular weight is 330 g/mol. The SMILES string of the molecule is Cc1ccc(C)c(OC[C@@H](O)Cn2nc(-c3ccco3)oc2=O)c1. The van der Waals surface area contributed by atoms with E-state index in [0.29, 0.717) is 11.5 Å². The number of ether oxygens (including phenoxy) is 1. The Morgan fingerprint density at radius 2 is 2.17 bits per heavy atom. The lowest BCUT2D eigenvalue weighted by Gasteiger charge is -2.13. The van der Waals surface area contributed by atoms with Crippen LogP contribution in [0.4, 0.5) is 0 Å². The summed E-state index contributed by atoms with van der Waals surface area (Å²) < 4.78 is 16.8. The van der Waals surface area contributed by atoms with Crippen LogP contribution in [0.3, 0.4) is 0 Å². The van der Waals surface area contributed by atoms with Crippen molar-refractivity contribution in [3.8, 4) is 17.4 Å². The molecule has 0 bridgehead atoms. The Bertz CT molecular complexity index is 863. The molecule has 1 atom stereocenters. The van der Waals surface area contributed by atoms with Gasteiger partial charge in [0.25, 0.3) is 5.89 Å². The van der Waals surface area contributed by atoms with Crippen LogP contribution in [-0.4, -0.2) is 27.6 Å². The molecule has 0 saturated carbocycles. The van der Waals surface area contributed by atoms with Crippen molar-refractivity contribution < 1.29 is 18.7 Å². The van der Waals surface area contributed by atoms with Crippen molar-refractivity contribution in [1.29, 1.82) is 0 Å². The standard InChI is InChI=1S/C17H18N2O5/c1-11-5-6-12(2)15(8-11)23-10-13(20)9-19-17(21)24-16(18-19)14-4-3-7-22-14/h3-8,13,20H,9-10H2,1-2H3/t13-/m0/s1. The maximum Gasteiger partial charge on any atom is 0.437 e. The molecule has 3 rings (SSSR count). The Hall–Kier alpha value is -2.80. The van der Waals surface area contributed by atoms with E-state index < -0.39 is 11.9 Å². The number of aliphatic hydroxyl groups excluding tert-OH is 1. The van der Waals surface area contributed by atoms with Crippen molar-refractivity contribution in [2.75, 3.05) is 6.61 Å². The van der Waals surface area contributed by atoms with E-state index >= 15 is 0 Å². The number of furan rings is 1. The van der Waals surface area contributed by atoms with E-state index in [9.17, 15) is 9.90 Å². The maximum absolute atomic E-state index is 11.8. The topological polar surface area (TPSA) is 90.6 Å². The van der Waals surface area contributed by atoms with Crippen LogP contribution in [0.15, 0.2) is 50.2 Å². The molecule has 24 heavy (non-hydrogen) atoms. The molecule has 1 N–H and O–H groups in total. The summed E-state index contributed by atoms with van der Waals surface area (Å²) in [4.78, 5) is 11.8. The summed E-state index contributed by atoms with van der Waals surface area (Å²) in [5.74, 6) is 0.477. The highest BCUT2D eigenvalue weighted by atomic mass is 16.5. The van der Waals surface area contributed by atoms with E-state index in [1.54, 1.807) is 12.1 Å². The Balaban J connectivity index is 1.64. The monoisotopic (exact) mass is 330 g/mol. The number of nitrogens with zero attached hydrogens (tertiary/aromatic N) is 2. The number of aliphatic hydroxyl groups is 1. The second-order valence-corrected chi connectivity index (χ2v) is 5.57. The molecule has 0 saturated heterocycles. The van der Waals surface area contributed by atoms with Gasteiger partial charge in [0, 0.05) is 0 Å². The number of benzene rings is 1. The van der Waals surface area contributed by atoms with Gasteiger partial charge in [-0.3, -0.25) is 0 Å². The van der Waals surface area contributed by atoms with Crippen LogP contribution in [-0.2, 0) is 6.54 Å². The van der Waals surface area contributed by atoms with Gasteiger partial charge in [0.2, 0.25) is 0 Å². The summed E-state index contributed by atoms with van der Waals surface area (Å²) in [6.45, 7) is 3.90. The zero-order valence-corrected chi connectivity index (χ0v) is 13.4. The summed E-state index contributed by atoms with van der Waals surface area (Å²) in [5.41, 5.74) is 2.05. The van der Waals surface area contributed by atoms with Gasteiger partial charge < -0.3 is 18.7 Å². The zero-order chi connectivity index (χ0) is 17.1. The van der Waals surface area contributed by atoms with Crippen LogP contribution < -0.4 is 10.5 Å². The molecule has 2 heterocycles. The second-order valence-electron chi connectivity index (χ2n) is 5.57.